The van der Waals surface area contributed by atoms with Crippen LogP contribution in [0.25, 0.3) is 0 Å². The van der Waals surface area contributed by atoms with Crippen molar-refractivity contribution >= 4 is 11.6 Å². The van der Waals surface area contributed by atoms with Gasteiger partial charge in [0.2, 0.25) is 0 Å². The highest BCUT2D eigenvalue weighted by molar-refractivity contribution is 6.05. The van der Waals surface area contributed by atoms with E-state index in [0.29, 0.717) is 18.0 Å². The summed E-state index contributed by atoms with van der Waals surface area (Å²) in [7, 11) is 0. The van der Waals surface area contributed by atoms with Crippen molar-refractivity contribution in [3.05, 3.63) is 47.8 Å². The van der Waals surface area contributed by atoms with E-state index in [9.17, 15) is 9.90 Å². The van der Waals surface area contributed by atoms with Crippen LogP contribution in [0.15, 0.2) is 36.7 Å². The molecule has 0 saturated heterocycles. The predicted octanol–water partition coefficient (Wildman–Crippen LogP) is 3.14. The van der Waals surface area contributed by atoms with E-state index in [1.165, 1.54) is 18.5 Å². The molecule has 2 aromatic rings. The van der Waals surface area contributed by atoms with E-state index in [2.05, 4.69) is 10.3 Å². The number of anilines is 1. The Morgan fingerprint density at radius 2 is 2.14 bits per heavy atom. The zero-order chi connectivity index (χ0) is 15.2. The minimum Gasteiger partial charge on any atom is -0.506 e. The number of aromatic hydroxyl groups is 1. The maximum absolute atomic E-state index is 12.2. The molecule has 5 nitrogen and oxygen atoms in total. The molecular weight excluding hydrogens is 268 g/mol. The number of carbonyl (C=O) groups is 1. The first-order valence-corrected chi connectivity index (χ1v) is 6.79. The molecular formula is C16H18N2O3. The highest BCUT2D eigenvalue weighted by Gasteiger charge is 2.11. The van der Waals surface area contributed by atoms with Gasteiger partial charge in [-0.1, -0.05) is 13.0 Å². The Kier molecular flexibility index (Phi) is 4.77. The Morgan fingerprint density at radius 1 is 1.33 bits per heavy atom. The molecule has 0 atom stereocenters. The van der Waals surface area contributed by atoms with Crippen LogP contribution in [0.2, 0.25) is 0 Å². The lowest BCUT2D eigenvalue weighted by Gasteiger charge is -2.13. The third-order valence-corrected chi connectivity index (χ3v) is 2.83. The molecule has 2 rings (SSSR count). The van der Waals surface area contributed by atoms with Crippen LogP contribution in [0.5, 0.6) is 11.5 Å². The largest absolute Gasteiger partial charge is 0.506 e. The number of nitrogens with one attached hydrogen (secondary N) is 1. The molecule has 1 aromatic carbocycles. The third kappa shape index (κ3) is 3.95. The molecule has 0 unspecified atom stereocenters. The van der Waals surface area contributed by atoms with Crippen molar-refractivity contribution in [1.82, 2.24) is 4.98 Å². The Hall–Kier alpha value is -2.56. The van der Waals surface area contributed by atoms with E-state index in [4.69, 9.17) is 4.74 Å². The van der Waals surface area contributed by atoms with Crippen molar-refractivity contribution < 1.29 is 14.6 Å². The number of benzene rings is 1. The van der Waals surface area contributed by atoms with Gasteiger partial charge in [-0.25, -0.2) is 0 Å². The number of carbonyl (C=O) groups excluding carboxylic acids is 1. The molecule has 0 saturated carbocycles. The highest BCUT2D eigenvalue weighted by atomic mass is 16.5. The maximum atomic E-state index is 12.2. The zero-order valence-corrected chi connectivity index (χ0v) is 12.1. The van der Waals surface area contributed by atoms with Gasteiger partial charge in [-0.15, -0.1) is 0 Å². The molecule has 1 amide bonds. The van der Waals surface area contributed by atoms with Gasteiger partial charge < -0.3 is 15.2 Å². The number of hydrogen-bond acceptors (Lipinski definition) is 4. The summed E-state index contributed by atoms with van der Waals surface area (Å²) < 4.78 is 5.65. The van der Waals surface area contributed by atoms with E-state index in [1.807, 2.05) is 26.0 Å². The van der Waals surface area contributed by atoms with Crippen LogP contribution >= 0.6 is 0 Å². The molecule has 0 aliphatic carbocycles. The van der Waals surface area contributed by atoms with Gasteiger partial charge in [0, 0.05) is 6.20 Å². The molecule has 5 heteroatoms. The van der Waals surface area contributed by atoms with Gasteiger partial charge in [0.15, 0.2) is 0 Å². The standard InChI is InChI=1S/C16H18N2O3/c1-3-6-21-15-7-11(2)4-5-14(15)18-16(20)12-8-13(19)10-17-9-12/h4-5,7-10,19H,3,6H2,1-2H3,(H,18,20). The fourth-order valence-electron chi connectivity index (χ4n) is 1.81. The second-order valence-electron chi connectivity index (χ2n) is 4.73. The summed E-state index contributed by atoms with van der Waals surface area (Å²) in [4.78, 5) is 16.0. The number of hydrogen-bond donors (Lipinski definition) is 2. The average Bonchev–Trinajstić information content (AvgIpc) is 2.47. The molecule has 2 N–H and O–H groups in total. The fourth-order valence-corrected chi connectivity index (χ4v) is 1.81. The molecule has 0 fully saturated rings. The first-order valence-electron chi connectivity index (χ1n) is 6.79. The predicted molar refractivity (Wildman–Crippen MR) is 80.8 cm³/mol. The van der Waals surface area contributed by atoms with Crippen LogP contribution in [0.3, 0.4) is 0 Å². The van der Waals surface area contributed by atoms with E-state index >= 15 is 0 Å². The number of pyridine rings is 1. The zero-order valence-electron chi connectivity index (χ0n) is 12.1. The highest BCUT2D eigenvalue weighted by Crippen LogP contribution is 2.26. The van der Waals surface area contributed by atoms with Gasteiger partial charge in [-0.3, -0.25) is 9.78 Å². The number of ether oxygens (including phenoxy) is 1. The Balaban J connectivity index is 2.20. The van der Waals surface area contributed by atoms with Gasteiger partial charge in [-0.2, -0.15) is 0 Å². The quantitative estimate of drug-likeness (QED) is 0.885. The molecule has 0 radical (unpaired) electrons. The minimum atomic E-state index is -0.344. The normalized spacial score (nSPS) is 10.2. The van der Waals surface area contributed by atoms with Crippen LogP contribution in [0.1, 0.15) is 29.3 Å². The Bertz CT molecular complexity index is 641. The molecule has 21 heavy (non-hydrogen) atoms. The molecule has 1 heterocycles. The van der Waals surface area contributed by atoms with Crippen molar-refractivity contribution in [3.63, 3.8) is 0 Å². The van der Waals surface area contributed by atoms with Crippen molar-refractivity contribution in [2.75, 3.05) is 11.9 Å². The summed E-state index contributed by atoms with van der Waals surface area (Å²) in [5.74, 6) is 0.246. The minimum absolute atomic E-state index is 0.0472. The Morgan fingerprint density at radius 3 is 2.86 bits per heavy atom. The summed E-state index contributed by atoms with van der Waals surface area (Å²) in [5, 5.41) is 12.1. The summed E-state index contributed by atoms with van der Waals surface area (Å²) in [6, 6.07) is 6.94. The monoisotopic (exact) mass is 286 g/mol. The summed E-state index contributed by atoms with van der Waals surface area (Å²) in [6.45, 7) is 4.57. The topological polar surface area (TPSA) is 71.5 Å². The van der Waals surface area contributed by atoms with E-state index < -0.39 is 0 Å². The lowest BCUT2D eigenvalue weighted by Crippen LogP contribution is -2.13. The second kappa shape index (κ2) is 6.74. The van der Waals surface area contributed by atoms with Gasteiger partial charge >= 0.3 is 0 Å². The third-order valence-electron chi connectivity index (χ3n) is 2.83. The van der Waals surface area contributed by atoms with Crippen LogP contribution in [-0.4, -0.2) is 22.6 Å². The summed E-state index contributed by atoms with van der Waals surface area (Å²) >= 11 is 0. The number of aromatic nitrogens is 1. The van der Waals surface area contributed by atoms with Crippen LogP contribution in [0, 0.1) is 6.92 Å². The number of rotatable bonds is 5. The number of aryl methyl sites for hydroxylation is 1. The Labute approximate surface area is 123 Å². The van der Waals surface area contributed by atoms with E-state index in [0.717, 1.165) is 12.0 Å². The molecule has 0 aliphatic heterocycles. The summed E-state index contributed by atoms with van der Waals surface area (Å²) in [5.41, 5.74) is 1.94. The molecule has 0 aliphatic rings. The number of nitrogens with zero attached hydrogens (tertiary/aromatic N) is 1. The van der Waals surface area contributed by atoms with Crippen molar-refractivity contribution in [2.45, 2.75) is 20.3 Å². The molecule has 1 aromatic heterocycles. The van der Waals surface area contributed by atoms with Gasteiger partial charge in [0.1, 0.15) is 11.5 Å². The first kappa shape index (κ1) is 14.8. The van der Waals surface area contributed by atoms with Gasteiger partial charge in [0.05, 0.1) is 24.1 Å². The SMILES string of the molecule is CCCOc1cc(C)ccc1NC(=O)c1cncc(O)c1. The van der Waals surface area contributed by atoms with Crippen LogP contribution < -0.4 is 10.1 Å². The fraction of sp³-hybridized carbons (Fsp3) is 0.250. The van der Waals surface area contributed by atoms with Crippen molar-refractivity contribution in [1.29, 1.82) is 0 Å². The molecule has 0 spiro atoms. The average molecular weight is 286 g/mol. The lowest BCUT2D eigenvalue weighted by atomic mass is 10.2. The van der Waals surface area contributed by atoms with Crippen molar-refractivity contribution in [2.24, 2.45) is 0 Å². The molecule has 0 bridgehead atoms. The maximum Gasteiger partial charge on any atom is 0.257 e. The number of amides is 1. The van der Waals surface area contributed by atoms with Gasteiger partial charge in [0.25, 0.3) is 5.91 Å². The summed E-state index contributed by atoms with van der Waals surface area (Å²) in [6.07, 6.45) is 3.56. The van der Waals surface area contributed by atoms with Crippen LogP contribution in [-0.2, 0) is 0 Å². The first-order chi connectivity index (χ1) is 10.1. The smallest absolute Gasteiger partial charge is 0.257 e. The molecule has 110 valence electrons. The van der Waals surface area contributed by atoms with E-state index in [1.54, 1.807) is 6.07 Å². The van der Waals surface area contributed by atoms with Crippen LogP contribution in [0.4, 0.5) is 5.69 Å². The second-order valence-corrected chi connectivity index (χ2v) is 4.73. The van der Waals surface area contributed by atoms with E-state index in [-0.39, 0.29) is 17.2 Å². The lowest BCUT2D eigenvalue weighted by molar-refractivity contribution is 0.102. The van der Waals surface area contributed by atoms with Gasteiger partial charge in [-0.05, 0) is 37.1 Å². The van der Waals surface area contributed by atoms with Crippen molar-refractivity contribution in [3.8, 4) is 11.5 Å².